The topological polar surface area (TPSA) is 87.7 Å². The van der Waals surface area contributed by atoms with Crippen LogP contribution in [0.3, 0.4) is 0 Å². The van der Waals surface area contributed by atoms with Gasteiger partial charge < -0.3 is 16.3 Å². The van der Waals surface area contributed by atoms with E-state index < -0.39 is 17.3 Å². The van der Waals surface area contributed by atoms with E-state index in [2.05, 4.69) is 10.5 Å². The largest absolute Gasteiger partial charge is 0.409 e. The van der Waals surface area contributed by atoms with E-state index in [4.69, 9.17) is 10.9 Å². The number of halogens is 1. The lowest BCUT2D eigenvalue weighted by Gasteiger charge is -2.28. The first-order chi connectivity index (χ1) is 9.48. The van der Waals surface area contributed by atoms with Crippen molar-refractivity contribution in [3.63, 3.8) is 0 Å². The van der Waals surface area contributed by atoms with Crippen molar-refractivity contribution in [1.82, 2.24) is 5.32 Å². The highest BCUT2D eigenvalue weighted by Crippen LogP contribution is 2.30. The highest BCUT2D eigenvalue weighted by atomic mass is 19.1. The first kappa shape index (κ1) is 14.3. The number of hydrogen-bond acceptors (Lipinski definition) is 3. The molecule has 0 radical (unpaired) electrons. The molecule has 0 aromatic heterocycles. The van der Waals surface area contributed by atoms with Crippen molar-refractivity contribution in [3.8, 4) is 0 Å². The van der Waals surface area contributed by atoms with Gasteiger partial charge in [-0.1, -0.05) is 24.1 Å². The van der Waals surface area contributed by atoms with Gasteiger partial charge >= 0.3 is 0 Å². The fourth-order valence-electron chi connectivity index (χ4n) is 2.61. The zero-order chi connectivity index (χ0) is 14.8. The molecule has 1 aliphatic rings. The van der Waals surface area contributed by atoms with Crippen molar-refractivity contribution in [2.24, 2.45) is 10.9 Å². The van der Waals surface area contributed by atoms with Crippen LogP contribution < -0.4 is 11.1 Å². The number of carbonyl (C=O) groups excluding carboxylic acids is 1. The number of carbonyl (C=O) groups is 1. The van der Waals surface area contributed by atoms with Crippen LogP contribution in [0.4, 0.5) is 4.39 Å². The third-order valence-electron chi connectivity index (χ3n) is 3.78. The molecule has 0 heterocycles. The van der Waals surface area contributed by atoms with Crippen molar-refractivity contribution in [1.29, 1.82) is 0 Å². The Morgan fingerprint density at radius 3 is 2.65 bits per heavy atom. The second kappa shape index (κ2) is 5.48. The minimum atomic E-state index is -0.872. The number of nitrogens with one attached hydrogen (secondary N) is 1. The number of amidine groups is 1. The average Bonchev–Trinajstić information content (AvgIpc) is 2.87. The minimum Gasteiger partial charge on any atom is -0.409 e. The molecule has 0 spiro atoms. The van der Waals surface area contributed by atoms with E-state index in [1.165, 1.54) is 12.1 Å². The molecule has 6 heteroatoms. The Bertz CT molecular complexity index is 551. The molecule has 20 heavy (non-hydrogen) atoms. The minimum absolute atomic E-state index is 0.0316. The van der Waals surface area contributed by atoms with E-state index in [1.807, 2.05) is 0 Å². The predicted octanol–water partition coefficient (Wildman–Crippen LogP) is 1.92. The van der Waals surface area contributed by atoms with Crippen molar-refractivity contribution < 1.29 is 14.4 Å². The third-order valence-corrected chi connectivity index (χ3v) is 3.78. The van der Waals surface area contributed by atoms with Crippen LogP contribution in [0, 0.1) is 12.7 Å². The van der Waals surface area contributed by atoms with Gasteiger partial charge in [0.15, 0.2) is 5.84 Å². The van der Waals surface area contributed by atoms with E-state index in [-0.39, 0.29) is 11.4 Å². The maximum absolute atomic E-state index is 13.8. The first-order valence-electron chi connectivity index (χ1n) is 6.55. The molecule has 0 saturated heterocycles. The molecular weight excluding hydrogens is 261 g/mol. The summed E-state index contributed by atoms with van der Waals surface area (Å²) in [7, 11) is 0. The second-order valence-corrected chi connectivity index (χ2v) is 5.21. The summed E-state index contributed by atoms with van der Waals surface area (Å²) < 4.78 is 13.8. The first-order valence-corrected chi connectivity index (χ1v) is 6.55. The van der Waals surface area contributed by atoms with Crippen molar-refractivity contribution >= 4 is 11.7 Å². The molecule has 4 N–H and O–H groups in total. The van der Waals surface area contributed by atoms with E-state index in [1.54, 1.807) is 13.0 Å². The van der Waals surface area contributed by atoms with Gasteiger partial charge in [0, 0.05) is 0 Å². The summed E-state index contributed by atoms with van der Waals surface area (Å²) in [5.41, 5.74) is 5.53. The third kappa shape index (κ3) is 2.59. The van der Waals surface area contributed by atoms with Crippen molar-refractivity contribution in [2.45, 2.75) is 38.1 Å². The maximum atomic E-state index is 13.8. The molecule has 0 unspecified atom stereocenters. The Morgan fingerprint density at radius 1 is 1.45 bits per heavy atom. The molecule has 1 aromatic carbocycles. The summed E-state index contributed by atoms with van der Waals surface area (Å²) in [6.45, 7) is 1.75. The highest BCUT2D eigenvalue weighted by molar-refractivity contribution is 6.00. The molecule has 5 nitrogen and oxygen atoms in total. The van der Waals surface area contributed by atoms with Crippen LogP contribution >= 0.6 is 0 Å². The number of amides is 1. The normalized spacial score (nSPS) is 18.0. The Kier molecular flexibility index (Phi) is 3.92. The van der Waals surface area contributed by atoms with Gasteiger partial charge in [-0.25, -0.2) is 4.39 Å². The van der Waals surface area contributed by atoms with Crippen LogP contribution in [-0.2, 0) is 0 Å². The molecule has 1 fully saturated rings. The summed E-state index contributed by atoms with van der Waals surface area (Å²) in [4.78, 5) is 12.2. The van der Waals surface area contributed by atoms with E-state index in [9.17, 15) is 9.18 Å². The fourth-order valence-corrected chi connectivity index (χ4v) is 2.61. The van der Waals surface area contributed by atoms with Crippen LogP contribution in [0.25, 0.3) is 0 Å². The number of rotatable bonds is 3. The zero-order valence-corrected chi connectivity index (χ0v) is 11.3. The smallest absolute Gasteiger partial charge is 0.255 e. The molecule has 108 valence electrons. The van der Waals surface area contributed by atoms with Gasteiger partial charge in [-0.3, -0.25) is 4.79 Å². The molecule has 1 saturated carbocycles. The van der Waals surface area contributed by atoms with Gasteiger partial charge in [-0.2, -0.15) is 0 Å². The molecule has 1 aromatic rings. The van der Waals surface area contributed by atoms with Crippen molar-refractivity contribution in [3.05, 3.63) is 35.1 Å². The standard InChI is InChI=1S/C14H18FN3O2/c1-9-4-5-10(11(15)8-9)12(19)17-14(13(16)18-20)6-2-3-7-14/h4-5,8,20H,2-3,6-7H2,1H3,(H2,16,18)(H,17,19). The number of benzene rings is 1. The number of nitrogens with two attached hydrogens (primary N) is 1. The Balaban J connectivity index is 2.25. The second-order valence-electron chi connectivity index (χ2n) is 5.21. The van der Waals surface area contributed by atoms with Gasteiger partial charge in [-0.15, -0.1) is 0 Å². The fraction of sp³-hybridized carbons (Fsp3) is 0.429. The molecule has 0 atom stereocenters. The lowest BCUT2D eigenvalue weighted by atomic mass is 9.95. The van der Waals surface area contributed by atoms with Crippen LogP contribution in [0.5, 0.6) is 0 Å². The zero-order valence-electron chi connectivity index (χ0n) is 11.3. The maximum Gasteiger partial charge on any atom is 0.255 e. The SMILES string of the molecule is Cc1ccc(C(=O)NC2(/C(N)=N/O)CCCC2)c(F)c1. The molecule has 1 aliphatic carbocycles. The van der Waals surface area contributed by atoms with Gasteiger partial charge in [0.05, 0.1) is 5.56 Å². The summed E-state index contributed by atoms with van der Waals surface area (Å²) >= 11 is 0. The molecule has 2 rings (SSSR count). The highest BCUT2D eigenvalue weighted by Gasteiger charge is 2.40. The van der Waals surface area contributed by atoms with E-state index in [0.29, 0.717) is 12.8 Å². The number of aryl methyl sites for hydroxylation is 1. The number of oxime groups is 1. The van der Waals surface area contributed by atoms with Gasteiger partial charge in [-0.05, 0) is 37.5 Å². The Morgan fingerprint density at radius 2 is 2.10 bits per heavy atom. The summed E-state index contributed by atoms with van der Waals surface area (Å²) in [5.74, 6) is -1.15. The Hall–Kier alpha value is -2.11. The van der Waals surface area contributed by atoms with Crippen LogP contribution in [-0.4, -0.2) is 22.5 Å². The monoisotopic (exact) mass is 279 g/mol. The lowest BCUT2D eigenvalue weighted by molar-refractivity contribution is 0.0918. The Labute approximate surface area is 116 Å². The van der Waals surface area contributed by atoms with E-state index in [0.717, 1.165) is 18.4 Å². The average molecular weight is 279 g/mol. The molecule has 0 aliphatic heterocycles. The van der Waals surface area contributed by atoms with Gasteiger partial charge in [0.2, 0.25) is 0 Å². The number of hydrogen-bond donors (Lipinski definition) is 3. The van der Waals surface area contributed by atoms with Gasteiger partial charge in [0.1, 0.15) is 11.4 Å². The summed E-state index contributed by atoms with van der Waals surface area (Å²) in [6.07, 6.45) is 2.91. The lowest BCUT2D eigenvalue weighted by Crippen LogP contribution is -2.55. The summed E-state index contributed by atoms with van der Waals surface area (Å²) in [6, 6.07) is 4.41. The molecular formula is C14H18FN3O2. The molecule has 0 bridgehead atoms. The number of nitrogens with zero attached hydrogens (tertiary/aromatic N) is 1. The van der Waals surface area contributed by atoms with Gasteiger partial charge in [0.25, 0.3) is 5.91 Å². The predicted molar refractivity (Wildman–Crippen MR) is 73.2 cm³/mol. The molecule has 1 amide bonds. The van der Waals surface area contributed by atoms with Crippen molar-refractivity contribution in [2.75, 3.05) is 0 Å². The van der Waals surface area contributed by atoms with Crippen LogP contribution in [0.1, 0.15) is 41.6 Å². The van der Waals surface area contributed by atoms with Crippen LogP contribution in [0.2, 0.25) is 0 Å². The summed E-state index contributed by atoms with van der Waals surface area (Å²) in [5, 5.41) is 14.6. The van der Waals surface area contributed by atoms with E-state index >= 15 is 0 Å². The van der Waals surface area contributed by atoms with Crippen LogP contribution in [0.15, 0.2) is 23.4 Å². The quantitative estimate of drug-likeness (QED) is 0.342.